The van der Waals surface area contributed by atoms with E-state index in [0.717, 1.165) is 43.1 Å². The molecule has 1 aromatic heterocycles. The number of aryl methyl sites for hydroxylation is 1. The number of rotatable bonds is 5. The number of pyridine rings is 1. The van der Waals surface area contributed by atoms with Crippen LogP contribution in [0.4, 0.5) is 5.82 Å². The molecule has 0 aromatic carbocycles. The van der Waals surface area contributed by atoms with Crippen LogP contribution in [0, 0.1) is 6.92 Å². The highest BCUT2D eigenvalue weighted by atomic mass is 16.3. The maximum atomic E-state index is 9.14. The molecule has 19 heavy (non-hydrogen) atoms. The first kappa shape index (κ1) is 14.3. The lowest BCUT2D eigenvalue weighted by atomic mass is 10.2. The van der Waals surface area contributed by atoms with E-state index in [0.29, 0.717) is 6.04 Å². The van der Waals surface area contributed by atoms with Gasteiger partial charge in [-0.25, -0.2) is 4.98 Å². The van der Waals surface area contributed by atoms with Gasteiger partial charge in [-0.3, -0.25) is 4.90 Å². The van der Waals surface area contributed by atoms with E-state index in [9.17, 15) is 0 Å². The van der Waals surface area contributed by atoms with E-state index >= 15 is 0 Å². The predicted molar refractivity (Wildman–Crippen MR) is 78.4 cm³/mol. The third kappa shape index (κ3) is 3.07. The molecule has 2 heterocycles. The standard InChI is InChI=1S/C15H25N3O/c1-4-17(5-2)14-6-7-18(10-14)15-12(3)8-13(11-19)9-16-15/h8-9,14,19H,4-7,10-11H2,1-3H3. The van der Waals surface area contributed by atoms with Crippen molar-refractivity contribution in [3.8, 4) is 0 Å². The van der Waals surface area contributed by atoms with Crippen LogP contribution in [0.15, 0.2) is 12.3 Å². The monoisotopic (exact) mass is 263 g/mol. The molecule has 0 aliphatic carbocycles. The lowest BCUT2D eigenvalue weighted by Crippen LogP contribution is -2.37. The third-order valence-electron chi connectivity index (χ3n) is 4.08. The van der Waals surface area contributed by atoms with Crippen LogP contribution in [0.25, 0.3) is 0 Å². The summed E-state index contributed by atoms with van der Waals surface area (Å²) in [5.41, 5.74) is 2.05. The Morgan fingerprint density at radius 3 is 2.74 bits per heavy atom. The smallest absolute Gasteiger partial charge is 0.131 e. The Hall–Kier alpha value is -1.13. The zero-order chi connectivity index (χ0) is 13.8. The summed E-state index contributed by atoms with van der Waals surface area (Å²) in [4.78, 5) is 9.42. The van der Waals surface area contributed by atoms with Gasteiger partial charge in [0.15, 0.2) is 0 Å². The second kappa shape index (κ2) is 6.35. The number of likely N-dealkylation sites (N-methyl/N-ethyl adjacent to an activating group) is 1. The van der Waals surface area contributed by atoms with Crippen molar-refractivity contribution in [1.82, 2.24) is 9.88 Å². The van der Waals surface area contributed by atoms with Gasteiger partial charge in [-0.05, 0) is 43.6 Å². The zero-order valence-corrected chi connectivity index (χ0v) is 12.3. The molecule has 1 aromatic rings. The molecule has 106 valence electrons. The largest absolute Gasteiger partial charge is 0.392 e. The van der Waals surface area contributed by atoms with Crippen LogP contribution in [0.2, 0.25) is 0 Å². The van der Waals surface area contributed by atoms with Gasteiger partial charge in [0.25, 0.3) is 0 Å². The lowest BCUT2D eigenvalue weighted by Gasteiger charge is -2.26. The summed E-state index contributed by atoms with van der Waals surface area (Å²) in [6.07, 6.45) is 3.00. The number of nitrogens with zero attached hydrogens (tertiary/aromatic N) is 3. The molecule has 0 amide bonds. The van der Waals surface area contributed by atoms with E-state index in [-0.39, 0.29) is 6.61 Å². The van der Waals surface area contributed by atoms with Crippen LogP contribution in [0.1, 0.15) is 31.4 Å². The quantitative estimate of drug-likeness (QED) is 0.879. The highest BCUT2D eigenvalue weighted by Crippen LogP contribution is 2.24. The Kier molecular flexibility index (Phi) is 4.77. The normalized spacial score (nSPS) is 19.4. The SMILES string of the molecule is CCN(CC)C1CCN(c2ncc(CO)cc2C)C1. The molecule has 4 heteroatoms. The number of aliphatic hydroxyl groups excluding tert-OH is 1. The van der Waals surface area contributed by atoms with E-state index in [1.54, 1.807) is 6.20 Å². The molecule has 1 saturated heterocycles. The van der Waals surface area contributed by atoms with Gasteiger partial charge < -0.3 is 10.0 Å². The molecular formula is C15H25N3O. The highest BCUT2D eigenvalue weighted by Gasteiger charge is 2.27. The molecule has 1 N–H and O–H groups in total. The van der Waals surface area contributed by atoms with Crippen molar-refractivity contribution in [1.29, 1.82) is 0 Å². The van der Waals surface area contributed by atoms with Crippen LogP contribution in [0.3, 0.4) is 0 Å². The van der Waals surface area contributed by atoms with Gasteiger partial charge in [0.1, 0.15) is 5.82 Å². The summed E-state index contributed by atoms with van der Waals surface area (Å²) < 4.78 is 0. The first-order valence-electron chi connectivity index (χ1n) is 7.25. The third-order valence-corrected chi connectivity index (χ3v) is 4.08. The van der Waals surface area contributed by atoms with Crippen molar-refractivity contribution in [3.63, 3.8) is 0 Å². The molecule has 4 nitrogen and oxygen atoms in total. The van der Waals surface area contributed by atoms with Gasteiger partial charge in [-0.15, -0.1) is 0 Å². The molecule has 0 saturated carbocycles. The van der Waals surface area contributed by atoms with Crippen molar-refractivity contribution < 1.29 is 5.11 Å². The number of aromatic nitrogens is 1. The van der Waals surface area contributed by atoms with Crippen LogP contribution >= 0.6 is 0 Å². The van der Waals surface area contributed by atoms with Gasteiger partial charge in [0.2, 0.25) is 0 Å². The van der Waals surface area contributed by atoms with Crippen molar-refractivity contribution in [3.05, 3.63) is 23.4 Å². The number of hydrogen-bond donors (Lipinski definition) is 1. The van der Waals surface area contributed by atoms with Gasteiger partial charge >= 0.3 is 0 Å². The average Bonchev–Trinajstić information content (AvgIpc) is 2.89. The first-order valence-corrected chi connectivity index (χ1v) is 7.25. The Morgan fingerprint density at radius 2 is 2.16 bits per heavy atom. The Bertz CT molecular complexity index is 418. The fraction of sp³-hybridized carbons (Fsp3) is 0.667. The molecule has 0 bridgehead atoms. The van der Waals surface area contributed by atoms with E-state index in [1.807, 2.05) is 6.07 Å². The molecule has 0 radical (unpaired) electrons. The van der Waals surface area contributed by atoms with Gasteiger partial charge in [0.05, 0.1) is 6.61 Å². The number of aliphatic hydroxyl groups is 1. The number of hydrogen-bond acceptors (Lipinski definition) is 4. The maximum absolute atomic E-state index is 9.14. The summed E-state index contributed by atoms with van der Waals surface area (Å²) >= 11 is 0. The minimum atomic E-state index is 0.0657. The molecule has 1 aliphatic heterocycles. The fourth-order valence-electron chi connectivity index (χ4n) is 3.02. The number of anilines is 1. The Labute approximate surface area is 116 Å². The molecule has 1 atom stereocenters. The average molecular weight is 263 g/mol. The molecule has 1 aliphatic rings. The summed E-state index contributed by atoms with van der Waals surface area (Å²) in [5.74, 6) is 1.08. The van der Waals surface area contributed by atoms with E-state index in [2.05, 4.69) is 35.6 Å². The summed E-state index contributed by atoms with van der Waals surface area (Å²) in [6.45, 7) is 11.0. The fourth-order valence-corrected chi connectivity index (χ4v) is 3.02. The zero-order valence-electron chi connectivity index (χ0n) is 12.3. The summed E-state index contributed by atoms with van der Waals surface area (Å²) in [6, 6.07) is 2.68. The highest BCUT2D eigenvalue weighted by molar-refractivity contribution is 5.48. The first-order chi connectivity index (χ1) is 9.19. The van der Waals surface area contributed by atoms with Crippen molar-refractivity contribution in [2.45, 2.75) is 39.8 Å². The van der Waals surface area contributed by atoms with Crippen LogP contribution in [-0.2, 0) is 6.61 Å². The van der Waals surface area contributed by atoms with E-state index in [4.69, 9.17) is 5.11 Å². The molecule has 0 spiro atoms. The van der Waals surface area contributed by atoms with Crippen LogP contribution in [-0.4, -0.2) is 47.2 Å². The minimum absolute atomic E-state index is 0.0657. The minimum Gasteiger partial charge on any atom is -0.392 e. The molecular weight excluding hydrogens is 238 g/mol. The van der Waals surface area contributed by atoms with Crippen molar-refractivity contribution in [2.75, 3.05) is 31.1 Å². The summed E-state index contributed by atoms with van der Waals surface area (Å²) in [5, 5.41) is 9.14. The van der Waals surface area contributed by atoms with E-state index < -0.39 is 0 Å². The topological polar surface area (TPSA) is 39.6 Å². The molecule has 1 unspecified atom stereocenters. The molecule has 1 fully saturated rings. The van der Waals surface area contributed by atoms with Crippen LogP contribution < -0.4 is 4.90 Å². The van der Waals surface area contributed by atoms with Crippen molar-refractivity contribution >= 4 is 5.82 Å². The lowest BCUT2D eigenvalue weighted by molar-refractivity contribution is 0.232. The van der Waals surface area contributed by atoms with Crippen molar-refractivity contribution in [2.24, 2.45) is 0 Å². The second-order valence-corrected chi connectivity index (χ2v) is 5.25. The Morgan fingerprint density at radius 1 is 1.42 bits per heavy atom. The van der Waals surface area contributed by atoms with E-state index in [1.165, 1.54) is 6.42 Å². The Balaban J connectivity index is 2.08. The molecule has 2 rings (SSSR count). The van der Waals surface area contributed by atoms with Gasteiger partial charge in [0, 0.05) is 25.3 Å². The van der Waals surface area contributed by atoms with Crippen LogP contribution in [0.5, 0.6) is 0 Å². The predicted octanol–water partition coefficient (Wildman–Crippen LogP) is 1.80. The van der Waals surface area contributed by atoms with Gasteiger partial charge in [-0.2, -0.15) is 0 Å². The summed E-state index contributed by atoms with van der Waals surface area (Å²) in [7, 11) is 0. The second-order valence-electron chi connectivity index (χ2n) is 5.25. The maximum Gasteiger partial charge on any atom is 0.131 e. The van der Waals surface area contributed by atoms with Gasteiger partial charge in [-0.1, -0.05) is 13.8 Å².